The Kier molecular flexibility index (Phi) is 3.02. The van der Waals surface area contributed by atoms with Gasteiger partial charge >= 0.3 is 5.97 Å². The zero-order valence-electron chi connectivity index (χ0n) is 10.1. The average Bonchev–Trinajstić information content (AvgIpc) is 3.03. The predicted molar refractivity (Wildman–Crippen MR) is 74.3 cm³/mol. The number of fused-ring (bicyclic) bond motifs is 1. The van der Waals surface area contributed by atoms with E-state index in [0.29, 0.717) is 16.7 Å². The zero-order valence-corrected chi connectivity index (χ0v) is 10.9. The molecule has 0 spiro atoms. The smallest absolute Gasteiger partial charge is 0.345 e. The molecule has 0 saturated heterocycles. The van der Waals surface area contributed by atoms with E-state index in [0.717, 1.165) is 22.1 Å². The van der Waals surface area contributed by atoms with Crippen molar-refractivity contribution in [2.24, 2.45) is 11.8 Å². The van der Waals surface area contributed by atoms with Crippen LogP contribution in [-0.2, 0) is 0 Å². The highest BCUT2D eigenvalue weighted by molar-refractivity contribution is 7.20. The van der Waals surface area contributed by atoms with Gasteiger partial charge in [-0.1, -0.05) is 17.9 Å². The molecule has 2 atom stereocenters. The van der Waals surface area contributed by atoms with E-state index in [9.17, 15) is 4.79 Å². The molecule has 4 heteroatoms. The third-order valence-electron chi connectivity index (χ3n) is 3.29. The van der Waals surface area contributed by atoms with Gasteiger partial charge in [-0.25, -0.2) is 4.79 Å². The predicted octanol–water partition coefficient (Wildman–Crippen LogP) is 2.58. The lowest BCUT2D eigenvalue weighted by Gasteiger charge is -1.91. The van der Waals surface area contributed by atoms with Crippen LogP contribution in [0.1, 0.15) is 21.7 Å². The van der Waals surface area contributed by atoms with E-state index in [-0.39, 0.29) is 6.61 Å². The number of benzene rings is 1. The van der Waals surface area contributed by atoms with Crippen LogP contribution in [0.25, 0.3) is 10.1 Å². The maximum atomic E-state index is 10.9. The number of hydrogen-bond acceptors (Lipinski definition) is 3. The number of carbonyl (C=O) groups is 1. The van der Waals surface area contributed by atoms with Gasteiger partial charge in [-0.2, -0.15) is 0 Å². The van der Waals surface area contributed by atoms with Crippen molar-refractivity contribution in [2.45, 2.75) is 6.42 Å². The molecule has 0 unspecified atom stereocenters. The standard InChI is InChI=1S/C15H12O3S/c16-8-12-6-10(12)3-1-9-2-4-11-7-14(15(17)18)19-13(11)5-9/h2,4-5,7,10,12,16H,6,8H2,(H,17,18)/t10-,12+/m1/s1. The van der Waals surface area contributed by atoms with Gasteiger partial charge in [0, 0.05) is 22.8 Å². The number of aliphatic hydroxyl groups excluding tert-OH is 1. The van der Waals surface area contributed by atoms with Gasteiger partial charge in [-0.05, 0) is 35.9 Å². The van der Waals surface area contributed by atoms with Crippen LogP contribution in [0.5, 0.6) is 0 Å². The first-order chi connectivity index (χ1) is 9.17. The van der Waals surface area contributed by atoms with Gasteiger partial charge in [0.15, 0.2) is 0 Å². The number of thiophene rings is 1. The average molecular weight is 272 g/mol. The van der Waals surface area contributed by atoms with Crippen molar-refractivity contribution in [3.8, 4) is 11.8 Å². The van der Waals surface area contributed by atoms with Crippen LogP contribution in [0.4, 0.5) is 0 Å². The van der Waals surface area contributed by atoms with Gasteiger partial charge < -0.3 is 10.2 Å². The molecule has 1 aromatic heterocycles. The maximum Gasteiger partial charge on any atom is 0.345 e. The molecule has 0 bridgehead atoms. The highest BCUT2D eigenvalue weighted by atomic mass is 32.1. The number of rotatable bonds is 2. The highest BCUT2D eigenvalue weighted by Crippen LogP contribution is 2.37. The first-order valence-electron chi connectivity index (χ1n) is 6.06. The van der Waals surface area contributed by atoms with Crippen LogP contribution < -0.4 is 0 Å². The molecule has 0 radical (unpaired) electrons. The minimum atomic E-state index is -0.891. The van der Waals surface area contributed by atoms with E-state index in [1.165, 1.54) is 11.3 Å². The molecule has 1 heterocycles. The fourth-order valence-electron chi connectivity index (χ4n) is 2.02. The number of carboxylic acids is 1. The summed E-state index contributed by atoms with van der Waals surface area (Å²) < 4.78 is 0.943. The fourth-order valence-corrected chi connectivity index (χ4v) is 2.96. The Morgan fingerprint density at radius 1 is 1.42 bits per heavy atom. The zero-order chi connectivity index (χ0) is 13.4. The third kappa shape index (κ3) is 2.48. The van der Waals surface area contributed by atoms with Crippen molar-refractivity contribution >= 4 is 27.4 Å². The number of hydrogen-bond donors (Lipinski definition) is 2. The Balaban J connectivity index is 1.87. The van der Waals surface area contributed by atoms with Crippen LogP contribution in [0.3, 0.4) is 0 Å². The second-order valence-electron chi connectivity index (χ2n) is 4.72. The van der Waals surface area contributed by atoms with Gasteiger partial charge in [0.25, 0.3) is 0 Å². The molecule has 1 saturated carbocycles. The van der Waals surface area contributed by atoms with Gasteiger partial charge in [0.05, 0.1) is 0 Å². The van der Waals surface area contributed by atoms with Gasteiger partial charge in [-0.15, -0.1) is 11.3 Å². The van der Waals surface area contributed by atoms with Crippen molar-refractivity contribution in [3.63, 3.8) is 0 Å². The minimum absolute atomic E-state index is 0.214. The second-order valence-corrected chi connectivity index (χ2v) is 5.81. The lowest BCUT2D eigenvalue weighted by atomic mass is 10.1. The summed E-state index contributed by atoms with van der Waals surface area (Å²) in [5, 5.41) is 18.8. The molecule has 1 aliphatic rings. The summed E-state index contributed by atoms with van der Waals surface area (Å²) in [7, 11) is 0. The van der Waals surface area contributed by atoms with Gasteiger partial charge in [0.1, 0.15) is 4.88 Å². The Morgan fingerprint density at radius 3 is 2.95 bits per heavy atom. The number of carboxylic acid groups (broad SMARTS) is 1. The van der Waals surface area contributed by atoms with Crippen molar-refractivity contribution in [3.05, 3.63) is 34.7 Å². The van der Waals surface area contributed by atoms with Crippen molar-refractivity contribution in [2.75, 3.05) is 6.61 Å². The molecular formula is C15H12O3S. The van der Waals surface area contributed by atoms with Crippen molar-refractivity contribution in [1.29, 1.82) is 0 Å². The molecule has 2 N–H and O–H groups in total. The van der Waals surface area contributed by atoms with Crippen molar-refractivity contribution < 1.29 is 15.0 Å². The van der Waals surface area contributed by atoms with Crippen LogP contribution in [-0.4, -0.2) is 22.8 Å². The summed E-state index contributed by atoms with van der Waals surface area (Å²) in [6.07, 6.45) is 0.980. The largest absolute Gasteiger partial charge is 0.477 e. The number of aliphatic hydroxyl groups is 1. The Bertz CT molecular complexity index is 705. The lowest BCUT2D eigenvalue weighted by Crippen LogP contribution is -1.89. The minimum Gasteiger partial charge on any atom is -0.477 e. The summed E-state index contributed by atoms with van der Waals surface area (Å²) in [5.74, 6) is 6.02. The molecule has 0 amide bonds. The Hall–Kier alpha value is -1.83. The fraction of sp³-hybridized carbons (Fsp3) is 0.267. The normalized spacial score (nSPS) is 20.9. The van der Waals surface area contributed by atoms with E-state index in [2.05, 4.69) is 11.8 Å². The van der Waals surface area contributed by atoms with Crippen LogP contribution in [0.2, 0.25) is 0 Å². The molecular weight excluding hydrogens is 260 g/mol. The van der Waals surface area contributed by atoms with Crippen LogP contribution >= 0.6 is 11.3 Å². The molecule has 19 heavy (non-hydrogen) atoms. The van der Waals surface area contributed by atoms with E-state index in [1.54, 1.807) is 6.07 Å². The molecule has 0 aliphatic heterocycles. The van der Waals surface area contributed by atoms with Gasteiger partial charge in [0.2, 0.25) is 0 Å². The SMILES string of the molecule is O=C(O)c1cc2ccc(C#C[C@@H]3C[C@H]3CO)cc2s1. The quantitative estimate of drug-likeness (QED) is 0.826. The van der Waals surface area contributed by atoms with Gasteiger partial charge in [-0.3, -0.25) is 0 Å². The monoisotopic (exact) mass is 272 g/mol. The van der Waals surface area contributed by atoms with Crippen LogP contribution in [0, 0.1) is 23.7 Å². The molecule has 2 aromatic rings. The highest BCUT2D eigenvalue weighted by Gasteiger charge is 2.34. The molecule has 3 nitrogen and oxygen atoms in total. The van der Waals surface area contributed by atoms with Crippen molar-refractivity contribution in [1.82, 2.24) is 0 Å². The summed E-state index contributed by atoms with van der Waals surface area (Å²) in [6, 6.07) is 7.42. The third-order valence-corrected chi connectivity index (χ3v) is 4.38. The summed E-state index contributed by atoms with van der Waals surface area (Å²) >= 11 is 1.27. The van der Waals surface area contributed by atoms with E-state index >= 15 is 0 Å². The summed E-state index contributed by atoms with van der Waals surface area (Å²) in [6.45, 7) is 0.214. The Labute approximate surface area is 114 Å². The summed E-state index contributed by atoms with van der Waals surface area (Å²) in [4.78, 5) is 11.3. The summed E-state index contributed by atoms with van der Waals surface area (Å²) in [5.41, 5.74) is 0.898. The maximum absolute atomic E-state index is 10.9. The topological polar surface area (TPSA) is 57.5 Å². The second kappa shape index (κ2) is 4.69. The Morgan fingerprint density at radius 2 is 2.26 bits per heavy atom. The van der Waals surface area contributed by atoms with E-state index < -0.39 is 5.97 Å². The first kappa shape index (κ1) is 12.2. The molecule has 1 aromatic carbocycles. The molecule has 1 aliphatic carbocycles. The molecule has 1 fully saturated rings. The van der Waals surface area contributed by atoms with Crippen LogP contribution in [0.15, 0.2) is 24.3 Å². The molecule has 96 valence electrons. The number of aromatic carboxylic acids is 1. The first-order valence-corrected chi connectivity index (χ1v) is 6.88. The van der Waals surface area contributed by atoms with E-state index in [4.69, 9.17) is 10.2 Å². The van der Waals surface area contributed by atoms with E-state index in [1.807, 2.05) is 18.2 Å². The lowest BCUT2D eigenvalue weighted by molar-refractivity contribution is 0.0702. The molecule has 3 rings (SSSR count).